The van der Waals surface area contributed by atoms with Crippen LogP contribution < -0.4 is 5.32 Å². The molecule has 0 saturated heterocycles. The van der Waals surface area contributed by atoms with Crippen molar-refractivity contribution in [1.82, 2.24) is 29.5 Å². The number of rotatable bonds is 7. The topological polar surface area (TPSA) is 116 Å². The molecule has 172 valence electrons. The van der Waals surface area contributed by atoms with Gasteiger partial charge < -0.3 is 5.32 Å². The van der Waals surface area contributed by atoms with Crippen molar-refractivity contribution < 1.29 is 17.2 Å². The highest BCUT2D eigenvalue weighted by atomic mass is 32.2. The van der Waals surface area contributed by atoms with Gasteiger partial charge in [0.25, 0.3) is 0 Å². The lowest BCUT2D eigenvalue weighted by atomic mass is 10.2. The van der Waals surface area contributed by atoms with Crippen LogP contribution in [0.25, 0.3) is 17.0 Å². The Balaban J connectivity index is 1.77. The van der Waals surface area contributed by atoms with Crippen molar-refractivity contribution >= 4 is 32.4 Å². The number of imidazole rings is 1. The largest absolute Gasteiger partial charge is 0.333 e. The monoisotopic (exact) mass is 473 g/mol. The zero-order chi connectivity index (χ0) is 23.8. The van der Waals surface area contributed by atoms with E-state index in [9.17, 15) is 12.8 Å². The van der Waals surface area contributed by atoms with Crippen LogP contribution in [0, 0.1) is 25.5 Å². The van der Waals surface area contributed by atoms with Crippen LogP contribution in [0.15, 0.2) is 30.9 Å². The minimum Gasteiger partial charge on any atom is -0.333 e. The van der Waals surface area contributed by atoms with E-state index in [1.54, 1.807) is 24.6 Å². The number of fused-ring (bicyclic) bond motifs is 1. The molecule has 0 aliphatic rings. The van der Waals surface area contributed by atoms with Crippen molar-refractivity contribution in [2.45, 2.75) is 32.9 Å². The molecule has 4 rings (SSSR count). The van der Waals surface area contributed by atoms with Gasteiger partial charge in [-0.2, -0.15) is 0 Å². The number of nitrogens with zero attached hydrogens (tertiary/aromatic N) is 6. The van der Waals surface area contributed by atoms with E-state index >= 15 is 4.39 Å². The van der Waals surface area contributed by atoms with Crippen molar-refractivity contribution in [3.05, 3.63) is 59.6 Å². The fourth-order valence-electron chi connectivity index (χ4n) is 3.43. The zero-order valence-electron chi connectivity index (χ0n) is 18.2. The van der Waals surface area contributed by atoms with Crippen molar-refractivity contribution in [1.29, 1.82) is 0 Å². The molecule has 12 heteroatoms. The lowest BCUT2D eigenvalue weighted by molar-refractivity contribution is 0.574. The molecule has 0 aliphatic carbocycles. The lowest BCUT2D eigenvalue weighted by Crippen LogP contribution is -2.11. The molecule has 0 spiro atoms. The maximum absolute atomic E-state index is 15.1. The van der Waals surface area contributed by atoms with Crippen molar-refractivity contribution in [2.24, 2.45) is 0 Å². The second-order valence-corrected chi connectivity index (χ2v) is 9.72. The van der Waals surface area contributed by atoms with Crippen LogP contribution >= 0.6 is 0 Å². The maximum atomic E-state index is 15.1. The molecular formula is C21H21F2N7O2S. The highest BCUT2D eigenvalue weighted by molar-refractivity contribution is 7.90. The van der Waals surface area contributed by atoms with Crippen LogP contribution in [0.5, 0.6) is 0 Å². The van der Waals surface area contributed by atoms with Crippen LogP contribution in [-0.4, -0.2) is 43.7 Å². The molecule has 33 heavy (non-hydrogen) atoms. The number of hydrogen-bond donors (Lipinski definition) is 1. The van der Waals surface area contributed by atoms with E-state index in [2.05, 4.69) is 30.2 Å². The van der Waals surface area contributed by atoms with E-state index in [0.29, 0.717) is 23.7 Å². The number of benzene rings is 1. The smallest absolute Gasteiger partial charge is 0.235 e. The van der Waals surface area contributed by atoms with Gasteiger partial charge in [-0.05, 0) is 26.3 Å². The minimum atomic E-state index is -3.53. The van der Waals surface area contributed by atoms with Crippen LogP contribution in [0.4, 0.5) is 20.3 Å². The van der Waals surface area contributed by atoms with Crippen molar-refractivity contribution in [2.75, 3.05) is 11.1 Å². The van der Waals surface area contributed by atoms with Gasteiger partial charge in [-0.25, -0.2) is 42.1 Å². The number of hydrogen-bond acceptors (Lipinski definition) is 8. The summed E-state index contributed by atoms with van der Waals surface area (Å²) >= 11 is 0. The quantitative estimate of drug-likeness (QED) is 0.433. The molecule has 1 N–H and O–H groups in total. The fourth-order valence-corrected chi connectivity index (χ4v) is 4.90. The van der Waals surface area contributed by atoms with Gasteiger partial charge in [0.05, 0.1) is 23.4 Å². The molecule has 1 aromatic carbocycles. The Morgan fingerprint density at radius 2 is 1.88 bits per heavy atom. The third-order valence-corrected chi connectivity index (χ3v) is 6.67. The summed E-state index contributed by atoms with van der Waals surface area (Å²) < 4.78 is 55.7. The fraction of sp³-hybridized carbons (Fsp3) is 0.286. The van der Waals surface area contributed by atoms with Crippen molar-refractivity contribution in [3.8, 4) is 5.95 Å². The summed E-state index contributed by atoms with van der Waals surface area (Å²) in [5.74, 6) is -1.52. The molecule has 9 nitrogen and oxygen atoms in total. The second-order valence-electron chi connectivity index (χ2n) is 7.54. The first kappa shape index (κ1) is 22.6. The molecule has 0 fully saturated rings. The van der Waals surface area contributed by atoms with Gasteiger partial charge in [-0.15, -0.1) is 0 Å². The Bertz CT molecular complexity index is 1450. The normalized spacial score (nSPS) is 11.8. The average Bonchev–Trinajstić information content (AvgIpc) is 3.10. The average molecular weight is 474 g/mol. The predicted molar refractivity (Wildman–Crippen MR) is 119 cm³/mol. The molecule has 4 aromatic rings. The molecule has 3 aromatic heterocycles. The first-order valence-electron chi connectivity index (χ1n) is 10.1. The van der Waals surface area contributed by atoms with Crippen LogP contribution in [0.3, 0.4) is 0 Å². The molecule has 0 unspecified atom stereocenters. The molecule has 0 saturated carbocycles. The van der Waals surface area contributed by atoms with Gasteiger partial charge in [0, 0.05) is 11.8 Å². The van der Waals surface area contributed by atoms with Gasteiger partial charge in [0.1, 0.15) is 34.7 Å². The standard InChI is InChI=1S/C21H21F2N7O2S/c1-4-7-33(31,32)10-14-5-6-15(22)18(17(14)23)28-20-19-16(25-11-26-20)8-24-21(29-19)30-9-12(2)27-13(30)3/h5-6,8-9,11H,4,7,10H2,1-3H3,(H,25,26,28). The Kier molecular flexibility index (Phi) is 6.02. The van der Waals surface area contributed by atoms with E-state index in [4.69, 9.17) is 0 Å². The SMILES string of the molecule is CCCS(=O)(=O)Cc1ccc(F)c(Nc2ncnc3cnc(-n4cc(C)nc4C)nc23)c1F. The molecule has 3 heterocycles. The Hall–Kier alpha value is -3.54. The third kappa shape index (κ3) is 4.65. The third-order valence-electron chi connectivity index (χ3n) is 4.89. The number of aryl methyl sites for hydroxylation is 2. The number of halogens is 2. The number of aromatic nitrogens is 6. The number of sulfone groups is 1. The molecule has 0 aliphatic heterocycles. The Labute approximate surface area is 188 Å². The Morgan fingerprint density at radius 1 is 1.09 bits per heavy atom. The van der Waals surface area contributed by atoms with Crippen molar-refractivity contribution in [3.63, 3.8) is 0 Å². The first-order valence-corrected chi connectivity index (χ1v) is 12.0. The lowest BCUT2D eigenvalue weighted by Gasteiger charge is -2.13. The van der Waals surface area contributed by atoms with E-state index in [1.165, 1.54) is 12.5 Å². The highest BCUT2D eigenvalue weighted by Crippen LogP contribution is 2.29. The molecule has 0 bridgehead atoms. The summed E-state index contributed by atoms with van der Waals surface area (Å²) in [5, 5.41) is 2.63. The molecule has 0 amide bonds. The van der Waals surface area contributed by atoms with Gasteiger partial charge in [0.2, 0.25) is 5.95 Å². The predicted octanol–water partition coefficient (Wildman–Crippen LogP) is 3.57. The zero-order valence-corrected chi connectivity index (χ0v) is 19.0. The summed E-state index contributed by atoms with van der Waals surface area (Å²) in [5.41, 5.74) is 0.710. The molecule has 0 radical (unpaired) electrons. The van der Waals surface area contributed by atoms with Gasteiger partial charge in [-0.3, -0.25) is 4.57 Å². The molecule has 0 atom stereocenters. The highest BCUT2D eigenvalue weighted by Gasteiger charge is 2.21. The molecular weight excluding hydrogens is 452 g/mol. The van der Waals surface area contributed by atoms with E-state index in [1.807, 2.05) is 6.92 Å². The van der Waals surface area contributed by atoms with Gasteiger partial charge in [0.15, 0.2) is 21.5 Å². The van der Waals surface area contributed by atoms with Crippen LogP contribution in [-0.2, 0) is 15.6 Å². The summed E-state index contributed by atoms with van der Waals surface area (Å²) in [6, 6.07) is 2.15. The van der Waals surface area contributed by atoms with E-state index in [-0.39, 0.29) is 22.7 Å². The van der Waals surface area contributed by atoms with E-state index in [0.717, 1.165) is 17.8 Å². The second kappa shape index (κ2) is 8.77. The summed E-state index contributed by atoms with van der Waals surface area (Å²) in [7, 11) is -3.53. The van der Waals surface area contributed by atoms with Gasteiger partial charge in [-0.1, -0.05) is 13.0 Å². The minimum absolute atomic E-state index is 0.0458. The van der Waals surface area contributed by atoms with E-state index < -0.39 is 32.9 Å². The van der Waals surface area contributed by atoms with Crippen LogP contribution in [0.2, 0.25) is 0 Å². The Morgan fingerprint density at radius 3 is 2.58 bits per heavy atom. The summed E-state index contributed by atoms with van der Waals surface area (Å²) in [4.78, 5) is 21.3. The summed E-state index contributed by atoms with van der Waals surface area (Å²) in [6.07, 6.45) is 4.85. The van der Waals surface area contributed by atoms with Gasteiger partial charge >= 0.3 is 0 Å². The number of nitrogens with one attached hydrogen (secondary N) is 1. The van der Waals surface area contributed by atoms with Crippen LogP contribution in [0.1, 0.15) is 30.4 Å². The summed E-state index contributed by atoms with van der Waals surface area (Å²) in [6.45, 7) is 5.35. The maximum Gasteiger partial charge on any atom is 0.235 e. The first-order chi connectivity index (χ1) is 15.7. The number of anilines is 2.